The zero-order chi connectivity index (χ0) is 22.4. The van der Waals surface area contributed by atoms with Crippen LogP contribution in [0.2, 0.25) is 0 Å². The second-order valence-electron chi connectivity index (χ2n) is 7.61. The summed E-state index contributed by atoms with van der Waals surface area (Å²) in [6.07, 6.45) is 0.621. The molecule has 1 heterocycles. The fraction of sp³-hybridized carbons (Fsp3) is 0.409. The van der Waals surface area contributed by atoms with Crippen LogP contribution in [0, 0.1) is 5.92 Å². The van der Waals surface area contributed by atoms with Crippen molar-refractivity contribution in [3.05, 3.63) is 42.5 Å². The number of rotatable bonds is 9. The van der Waals surface area contributed by atoms with Crippen LogP contribution in [0.1, 0.15) is 20.3 Å². The van der Waals surface area contributed by atoms with E-state index in [4.69, 9.17) is 14.2 Å². The van der Waals surface area contributed by atoms with Crippen molar-refractivity contribution in [2.24, 2.45) is 5.92 Å². The van der Waals surface area contributed by atoms with Gasteiger partial charge in [0.2, 0.25) is 15.9 Å². The van der Waals surface area contributed by atoms with Gasteiger partial charge in [-0.15, -0.1) is 0 Å². The summed E-state index contributed by atoms with van der Waals surface area (Å²) < 4.78 is 44.1. The number of amides is 1. The summed E-state index contributed by atoms with van der Waals surface area (Å²) in [6, 6.07) is 11.4. The Bertz CT molecular complexity index is 1020. The number of hydrogen-bond acceptors (Lipinski definition) is 6. The van der Waals surface area contributed by atoms with Gasteiger partial charge in [-0.05, 0) is 36.6 Å². The highest BCUT2D eigenvalue weighted by molar-refractivity contribution is 7.89. The third-order valence-corrected chi connectivity index (χ3v) is 6.62. The summed E-state index contributed by atoms with van der Waals surface area (Å²) in [5.41, 5.74) is 0.532. The van der Waals surface area contributed by atoms with Gasteiger partial charge in [-0.3, -0.25) is 4.79 Å². The van der Waals surface area contributed by atoms with Crippen LogP contribution in [0.5, 0.6) is 17.2 Å². The first kappa shape index (κ1) is 22.9. The molecule has 168 valence electrons. The van der Waals surface area contributed by atoms with Crippen LogP contribution in [-0.4, -0.2) is 52.0 Å². The molecule has 0 aliphatic carbocycles. The van der Waals surface area contributed by atoms with E-state index < -0.39 is 15.9 Å². The molecule has 0 saturated carbocycles. The number of ether oxygens (including phenoxy) is 3. The Hall–Kier alpha value is -2.78. The molecule has 0 fully saturated rings. The summed E-state index contributed by atoms with van der Waals surface area (Å²) in [4.78, 5) is 12.7. The highest BCUT2D eigenvalue weighted by atomic mass is 32.2. The number of sulfonamides is 1. The monoisotopic (exact) mass is 448 g/mol. The van der Waals surface area contributed by atoms with Crippen molar-refractivity contribution in [1.29, 1.82) is 0 Å². The maximum atomic E-state index is 13.3. The predicted octanol–water partition coefficient (Wildman–Crippen LogP) is 3.14. The van der Waals surface area contributed by atoms with Gasteiger partial charge in [-0.25, -0.2) is 8.42 Å². The van der Waals surface area contributed by atoms with E-state index in [0.717, 1.165) is 0 Å². The molecule has 0 unspecified atom stereocenters. The molecule has 0 spiro atoms. The average Bonchev–Trinajstić information content (AvgIpc) is 2.76. The first-order valence-electron chi connectivity index (χ1n) is 10.1. The molecule has 0 radical (unpaired) electrons. The lowest BCUT2D eigenvalue weighted by molar-refractivity contribution is -0.116. The number of fused-ring (bicyclic) bond motifs is 1. The molecule has 1 aliphatic heterocycles. The summed E-state index contributed by atoms with van der Waals surface area (Å²) in [7, 11) is -2.38. The Labute approximate surface area is 183 Å². The van der Waals surface area contributed by atoms with Crippen molar-refractivity contribution in [2.75, 3.05) is 38.7 Å². The molecule has 2 aromatic carbocycles. The van der Waals surface area contributed by atoms with E-state index in [1.807, 2.05) is 13.8 Å². The summed E-state index contributed by atoms with van der Waals surface area (Å²) in [5.74, 6) is 1.34. The molecule has 3 rings (SSSR count). The van der Waals surface area contributed by atoms with E-state index in [-0.39, 0.29) is 23.9 Å². The Kier molecular flexibility index (Phi) is 7.40. The quantitative estimate of drug-likeness (QED) is 0.633. The second-order valence-corrected chi connectivity index (χ2v) is 9.54. The number of methoxy groups -OCH3 is 1. The zero-order valence-electron chi connectivity index (χ0n) is 18.0. The lowest BCUT2D eigenvalue weighted by Gasteiger charge is -2.24. The molecule has 1 amide bonds. The minimum absolute atomic E-state index is 0.0645. The van der Waals surface area contributed by atoms with Crippen LogP contribution in [0.25, 0.3) is 0 Å². The van der Waals surface area contributed by atoms with Crippen molar-refractivity contribution in [3.63, 3.8) is 0 Å². The van der Waals surface area contributed by atoms with Gasteiger partial charge in [-0.2, -0.15) is 4.31 Å². The Balaban J connectivity index is 1.81. The van der Waals surface area contributed by atoms with Gasteiger partial charge in [0.25, 0.3) is 0 Å². The summed E-state index contributed by atoms with van der Waals surface area (Å²) >= 11 is 0. The first-order chi connectivity index (χ1) is 14.8. The van der Waals surface area contributed by atoms with E-state index in [2.05, 4.69) is 5.32 Å². The van der Waals surface area contributed by atoms with Gasteiger partial charge in [0, 0.05) is 24.4 Å². The first-order valence-corrected chi connectivity index (χ1v) is 11.6. The fourth-order valence-electron chi connectivity index (χ4n) is 3.08. The van der Waals surface area contributed by atoms with E-state index in [0.29, 0.717) is 42.6 Å². The van der Waals surface area contributed by atoms with Crippen molar-refractivity contribution in [2.45, 2.75) is 25.2 Å². The van der Waals surface area contributed by atoms with Crippen LogP contribution in [0.4, 0.5) is 5.69 Å². The SMILES string of the molecule is COc1cccc(NC(=O)CN(CCC(C)C)S(=O)(=O)c2ccc3c(c2)OCCO3)c1. The van der Waals surface area contributed by atoms with Crippen molar-refractivity contribution in [1.82, 2.24) is 4.31 Å². The average molecular weight is 449 g/mol. The smallest absolute Gasteiger partial charge is 0.243 e. The molecular weight excluding hydrogens is 420 g/mol. The highest BCUT2D eigenvalue weighted by Gasteiger charge is 2.28. The van der Waals surface area contributed by atoms with Crippen LogP contribution in [-0.2, 0) is 14.8 Å². The molecular formula is C22H28N2O6S. The molecule has 9 heteroatoms. The number of anilines is 1. The lowest BCUT2D eigenvalue weighted by atomic mass is 10.1. The largest absolute Gasteiger partial charge is 0.497 e. The van der Waals surface area contributed by atoms with Gasteiger partial charge in [-0.1, -0.05) is 19.9 Å². The Morgan fingerprint density at radius 3 is 2.58 bits per heavy atom. The Morgan fingerprint density at radius 1 is 1.13 bits per heavy atom. The van der Waals surface area contributed by atoms with Gasteiger partial charge >= 0.3 is 0 Å². The molecule has 2 aromatic rings. The molecule has 0 bridgehead atoms. The van der Waals surface area contributed by atoms with Crippen molar-refractivity contribution in [3.8, 4) is 17.2 Å². The van der Waals surface area contributed by atoms with Gasteiger partial charge < -0.3 is 19.5 Å². The molecule has 0 atom stereocenters. The molecule has 1 N–H and O–H groups in total. The molecule has 0 saturated heterocycles. The highest BCUT2D eigenvalue weighted by Crippen LogP contribution is 2.33. The van der Waals surface area contributed by atoms with Gasteiger partial charge in [0.1, 0.15) is 19.0 Å². The van der Waals surface area contributed by atoms with E-state index in [1.54, 1.807) is 30.3 Å². The normalized spacial score (nSPS) is 13.3. The molecule has 0 aromatic heterocycles. The number of hydrogen-bond donors (Lipinski definition) is 1. The van der Waals surface area contributed by atoms with Gasteiger partial charge in [0.15, 0.2) is 11.5 Å². The maximum absolute atomic E-state index is 13.3. The van der Waals surface area contributed by atoms with Crippen LogP contribution < -0.4 is 19.5 Å². The van der Waals surface area contributed by atoms with Crippen molar-refractivity contribution >= 4 is 21.6 Å². The lowest BCUT2D eigenvalue weighted by Crippen LogP contribution is -2.39. The zero-order valence-corrected chi connectivity index (χ0v) is 18.8. The topological polar surface area (TPSA) is 94.2 Å². The minimum atomic E-state index is -3.92. The third-order valence-electron chi connectivity index (χ3n) is 4.78. The summed E-state index contributed by atoms with van der Waals surface area (Å²) in [5, 5.41) is 2.74. The standard InChI is InChI=1S/C22H28N2O6S/c1-16(2)9-10-24(15-22(25)23-17-5-4-6-18(13-17)28-3)31(26,27)19-7-8-20-21(14-19)30-12-11-29-20/h4-8,13-14,16H,9-12,15H2,1-3H3,(H,23,25). The number of nitrogens with zero attached hydrogens (tertiary/aromatic N) is 1. The van der Waals surface area contributed by atoms with Crippen LogP contribution in [0.15, 0.2) is 47.4 Å². The Morgan fingerprint density at radius 2 is 1.87 bits per heavy atom. The summed E-state index contributed by atoms with van der Waals surface area (Å²) in [6.45, 7) is 4.71. The van der Waals surface area contributed by atoms with E-state index in [1.165, 1.54) is 23.5 Å². The van der Waals surface area contributed by atoms with Crippen LogP contribution in [0.3, 0.4) is 0 Å². The second kappa shape index (κ2) is 10.0. The van der Waals surface area contributed by atoms with E-state index >= 15 is 0 Å². The molecule has 31 heavy (non-hydrogen) atoms. The maximum Gasteiger partial charge on any atom is 0.243 e. The minimum Gasteiger partial charge on any atom is -0.497 e. The number of carbonyl (C=O) groups is 1. The predicted molar refractivity (Wildman–Crippen MR) is 117 cm³/mol. The molecule has 8 nitrogen and oxygen atoms in total. The van der Waals surface area contributed by atoms with E-state index in [9.17, 15) is 13.2 Å². The number of benzene rings is 2. The van der Waals surface area contributed by atoms with Crippen LogP contribution >= 0.6 is 0 Å². The number of carbonyl (C=O) groups excluding carboxylic acids is 1. The van der Waals surface area contributed by atoms with Crippen molar-refractivity contribution < 1.29 is 27.4 Å². The van der Waals surface area contributed by atoms with Gasteiger partial charge in [0.05, 0.1) is 18.6 Å². The third kappa shape index (κ3) is 5.89. The fourth-order valence-corrected chi connectivity index (χ4v) is 4.51. The molecule has 1 aliphatic rings. The number of nitrogens with one attached hydrogen (secondary N) is 1.